The molecule has 4 aromatic rings. The molecule has 0 atom stereocenters. The number of rotatable bonds is 5. The van der Waals surface area contributed by atoms with E-state index < -0.39 is 10.7 Å². The van der Waals surface area contributed by atoms with Gasteiger partial charge in [0.25, 0.3) is 0 Å². The van der Waals surface area contributed by atoms with Gasteiger partial charge in [0.05, 0.1) is 11.3 Å². The quantitative estimate of drug-likeness (QED) is 0.390. The number of para-hydroxylation sites is 1. The molecule has 0 spiro atoms. The Morgan fingerprint density at radius 1 is 1.09 bits per heavy atom. The Hall–Kier alpha value is -3.69. The van der Waals surface area contributed by atoms with Crippen LogP contribution in [0.25, 0.3) is 11.0 Å². The van der Waals surface area contributed by atoms with Gasteiger partial charge >= 0.3 is 5.63 Å². The number of hydrogen-bond acceptors (Lipinski definition) is 6. The zero-order chi connectivity index (χ0) is 22.7. The van der Waals surface area contributed by atoms with E-state index >= 15 is 0 Å². The molecule has 0 unspecified atom stereocenters. The SMILES string of the molecule is Cc1nc(CSC(=O)c2cc3ccccc3oc2=O)c(C#N)c(C)c1Cc1ccccc1. The molecule has 4 rings (SSSR count). The van der Waals surface area contributed by atoms with Crippen molar-refractivity contribution in [2.24, 2.45) is 0 Å². The van der Waals surface area contributed by atoms with Gasteiger partial charge in [-0.25, -0.2) is 4.79 Å². The summed E-state index contributed by atoms with van der Waals surface area (Å²) in [4.78, 5) is 29.7. The second-order valence-electron chi connectivity index (χ2n) is 7.46. The Labute approximate surface area is 189 Å². The van der Waals surface area contributed by atoms with Crippen molar-refractivity contribution >= 4 is 27.8 Å². The molecule has 32 heavy (non-hydrogen) atoms. The average molecular weight is 441 g/mol. The van der Waals surface area contributed by atoms with Crippen LogP contribution in [0.4, 0.5) is 0 Å². The number of pyridine rings is 1. The lowest BCUT2D eigenvalue weighted by atomic mass is 9.95. The van der Waals surface area contributed by atoms with E-state index in [0.29, 0.717) is 28.6 Å². The highest BCUT2D eigenvalue weighted by Gasteiger charge is 2.19. The molecule has 0 aliphatic carbocycles. The van der Waals surface area contributed by atoms with E-state index in [2.05, 4.69) is 11.1 Å². The topological polar surface area (TPSA) is 84.0 Å². The molecule has 0 amide bonds. The predicted octanol–water partition coefficient (Wildman–Crippen LogP) is 5.34. The van der Waals surface area contributed by atoms with Crippen LogP contribution < -0.4 is 5.63 Å². The van der Waals surface area contributed by atoms with Gasteiger partial charge in [-0.2, -0.15) is 5.26 Å². The lowest BCUT2D eigenvalue weighted by molar-refractivity contribution is 0.108. The van der Waals surface area contributed by atoms with Crippen molar-refractivity contribution in [2.75, 3.05) is 0 Å². The maximum atomic E-state index is 12.8. The van der Waals surface area contributed by atoms with Crippen LogP contribution >= 0.6 is 11.8 Å². The smallest absolute Gasteiger partial charge is 0.348 e. The minimum absolute atomic E-state index is 0.0126. The first kappa shape index (κ1) is 21.5. The van der Waals surface area contributed by atoms with Gasteiger partial charge in [-0.3, -0.25) is 9.78 Å². The van der Waals surface area contributed by atoms with Crippen LogP contribution in [0.2, 0.25) is 0 Å². The third-order valence-corrected chi connectivity index (χ3v) is 6.29. The van der Waals surface area contributed by atoms with Crippen molar-refractivity contribution in [3.05, 3.63) is 110 Å². The van der Waals surface area contributed by atoms with Crippen LogP contribution in [-0.4, -0.2) is 10.1 Å². The van der Waals surface area contributed by atoms with Gasteiger partial charge in [0.15, 0.2) is 0 Å². The van der Waals surface area contributed by atoms with Crippen molar-refractivity contribution < 1.29 is 9.21 Å². The highest BCUT2D eigenvalue weighted by Crippen LogP contribution is 2.26. The Balaban J connectivity index is 1.59. The van der Waals surface area contributed by atoms with Gasteiger partial charge in [0.2, 0.25) is 5.12 Å². The van der Waals surface area contributed by atoms with E-state index in [-0.39, 0.29) is 11.3 Å². The van der Waals surface area contributed by atoms with Crippen LogP contribution in [-0.2, 0) is 12.2 Å². The molecular formula is C26H20N2O3S. The normalized spacial score (nSPS) is 10.8. The largest absolute Gasteiger partial charge is 0.422 e. The minimum Gasteiger partial charge on any atom is -0.422 e. The molecule has 2 heterocycles. The third-order valence-electron chi connectivity index (χ3n) is 5.39. The summed E-state index contributed by atoms with van der Waals surface area (Å²) in [5.74, 6) is 0.196. The first-order valence-corrected chi connectivity index (χ1v) is 11.1. The van der Waals surface area contributed by atoms with Crippen molar-refractivity contribution in [2.45, 2.75) is 26.0 Å². The fourth-order valence-electron chi connectivity index (χ4n) is 3.69. The molecule has 158 valence electrons. The first-order chi connectivity index (χ1) is 15.5. The lowest BCUT2D eigenvalue weighted by Gasteiger charge is -2.14. The molecule has 0 radical (unpaired) electrons. The molecule has 0 N–H and O–H groups in total. The standard InChI is InChI=1S/C26H20N2O3S/c1-16-20(12-18-8-4-3-5-9-18)17(2)28-23(22(16)14-27)15-32-26(30)21-13-19-10-6-7-11-24(19)31-25(21)29/h3-11,13H,12,15H2,1-2H3. The Bertz CT molecular complexity index is 1420. The summed E-state index contributed by atoms with van der Waals surface area (Å²) in [6, 6.07) is 20.9. The maximum Gasteiger partial charge on any atom is 0.348 e. The number of nitrogens with zero attached hydrogens (tertiary/aromatic N) is 2. The molecule has 0 saturated heterocycles. The van der Waals surface area contributed by atoms with Crippen LogP contribution in [0.5, 0.6) is 0 Å². The molecule has 0 aliphatic heterocycles. The van der Waals surface area contributed by atoms with Crippen LogP contribution in [0.3, 0.4) is 0 Å². The highest BCUT2D eigenvalue weighted by atomic mass is 32.2. The van der Waals surface area contributed by atoms with Gasteiger partial charge in [0, 0.05) is 16.8 Å². The number of fused-ring (bicyclic) bond motifs is 1. The van der Waals surface area contributed by atoms with Gasteiger partial charge < -0.3 is 4.42 Å². The van der Waals surface area contributed by atoms with Gasteiger partial charge in [-0.15, -0.1) is 0 Å². The van der Waals surface area contributed by atoms with E-state index in [1.165, 1.54) is 0 Å². The summed E-state index contributed by atoms with van der Waals surface area (Å²) in [6.45, 7) is 3.83. The number of carbonyl (C=O) groups is 1. The van der Waals surface area contributed by atoms with Crippen LogP contribution in [0, 0.1) is 25.2 Å². The van der Waals surface area contributed by atoms with Crippen molar-refractivity contribution in [1.82, 2.24) is 4.98 Å². The molecule has 5 nitrogen and oxygen atoms in total. The van der Waals surface area contributed by atoms with Crippen molar-refractivity contribution in [3.63, 3.8) is 0 Å². The number of thioether (sulfide) groups is 1. The summed E-state index contributed by atoms with van der Waals surface area (Å²) >= 11 is 0.950. The maximum absolute atomic E-state index is 12.8. The monoisotopic (exact) mass is 440 g/mol. The minimum atomic E-state index is -0.666. The number of benzene rings is 2. The molecule has 6 heteroatoms. The second kappa shape index (κ2) is 9.21. The summed E-state index contributed by atoms with van der Waals surface area (Å²) in [5, 5.41) is 10.1. The summed E-state index contributed by atoms with van der Waals surface area (Å²) in [5.41, 5.74) is 4.65. The zero-order valence-corrected chi connectivity index (χ0v) is 18.5. The molecule has 0 aliphatic rings. The number of aryl methyl sites for hydroxylation is 1. The molecule has 2 aromatic heterocycles. The van der Waals surface area contributed by atoms with Crippen molar-refractivity contribution in [3.8, 4) is 6.07 Å². The van der Waals surface area contributed by atoms with Gasteiger partial charge in [-0.1, -0.05) is 60.3 Å². The number of hydrogen-bond donors (Lipinski definition) is 0. The highest BCUT2D eigenvalue weighted by molar-refractivity contribution is 8.13. The molecule has 0 saturated carbocycles. The summed E-state index contributed by atoms with van der Waals surface area (Å²) < 4.78 is 5.26. The first-order valence-electron chi connectivity index (χ1n) is 10.1. The van der Waals surface area contributed by atoms with E-state index in [1.54, 1.807) is 24.3 Å². The number of nitriles is 1. The lowest BCUT2D eigenvalue weighted by Crippen LogP contribution is -2.12. The van der Waals surface area contributed by atoms with Crippen LogP contribution in [0.15, 0.2) is 69.9 Å². The van der Waals surface area contributed by atoms with E-state index in [9.17, 15) is 14.9 Å². The van der Waals surface area contributed by atoms with Gasteiger partial charge in [0.1, 0.15) is 17.2 Å². The zero-order valence-electron chi connectivity index (χ0n) is 17.7. The fourth-order valence-corrected chi connectivity index (χ4v) is 4.47. The van der Waals surface area contributed by atoms with Gasteiger partial charge in [-0.05, 0) is 49.1 Å². The fraction of sp³-hybridized carbons (Fsp3) is 0.154. The summed E-state index contributed by atoms with van der Waals surface area (Å²) in [6.07, 6.45) is 0.685. The Morgan fingerprint density at radius 3 is 2.56 bits per heavy atom. The Kier molecular flexibility index (Phi) is 6.20. The second-order valence-corrected chi connectivity index (χ2v) is 8.41. The Morgan fingerprint density at radius 2 is 1.81 bits per heavy atom. The predicted molar refractivity (Wildman–Crippen MR) is 126 cm³/mol. The molecule has 0 fully saturated rings. The number of aromatic nitrogens is 1. The van der Waals surface area contributed by atoms with E-state index in [4.69, 9.17) is 4.42 Å². The van der Waals surface area contributed by atoms with E-state index in [1.807, 2.05) is 50.2 Å². The summed E-state index contributed by atoms with van der Waals surface area (Å²) in [7, 11) is 0. The van der Waals surface area contributed by atoms with Crippen LogP contribution in [0.1, 0.15) is 44.0 Å². The van der Waals surface area contributed by atoms with Crippen molar-refractivity contribution in [1.29, 1.82) is 5.26 Å². The van der Waals surface area contributed by atoms with E-state index in [0.717, 1.165) is 34.1 Å². The molecule has 0 bridgehead atoms. The molecular weight excluding hydrogens is 420 g/mol. The molecule has 2 aromatic carbocycles. The third kappa shape index (κ3) is 4.34. The number of carbonyl (C=O) groups excluding carboxylic acids is 1. The average Bonchev–Trinajstić information content (AvgIpc) is 2.80.